The summed E-state index contributed by atoms with van der Waals surface area (Å²) in [6.07, 6.45) is -13.9. The number of aliphatic hydroxyl groups excluding tert-OH is 7. The third-order valence-corrected chi connectivity index (χ3v) is 4.86. The van der Waals surface area contributed by atoms with E-state index in [0.29, 0.717) is 12.2 Å². The summed E-state index contributed by atoms with van der Waals surface area (Å²) < 4.78 is 21.4. The fraction of sp³-hybridized carbons (Fsp3) is 1.00. The van der Waals surface area contributed by atoms with Gasteiger partial charge >= 0.3 is 0 Å². The van der Waals surface area contributed by atoms with E-state index in [-0.39, 0.29) is 6.61 Å². The van der Waals surface area contributed by atoms with Gasteiger partial charge in [0.2, 0.25) is 0 Å². The number of rotatable bonds is 8. The summed E-state index contributed by atoms with van der Waals surface area (Å²) in [5.41, 5.74) is 0. The fourth-order valence-corrected chi connectivity index (χ4v) is 3.08. The summed E-state index contributed by atoms with van der Waals surface area (Å²) in [7, 11) is 0. The number of hydrogen-bond acceptors (Lipinski definition) is 12. The summed E-state index contributed by atoms with van der Waals surface area (Å²) in [6.45, 7) is -1.04. The summed E-state index contributed by atoms with van der Waals surface area (Å²) in [5, 5.41) is 69.1. The maximum Gasteiger partial charge on any atom is 0.187 e. The standard InChI is InChI=1S/C15H28O11S/c16-4-6-8(18)10(20)11(21)15(25-6)26-13-9(19)7(5-17)24-14(12(13)22)23-2-1-3-27/h6-22,27H,1-5H2/t6-,7-,8+,9-,10+,11-,12-,13+,14+,15+/m1/s1. The van der Waals surface area contributed by atoms with E-state index in [9.17, 15) is 35.7 Å². The summed E-state index contributed by atoms with van der Waals surface area (Å²) >= 11 is 4.04. The van der Waals surface area contributed by atoms with Gasteiger partial charge in [0.1, 0.15) is 48.8 Å². The lowest BCUT2D eigenvalue weighted by Gasteiger charge is -2.45. The van der Waals surface area contributed by atoms with Crippen LogP contribution in [0, 0.1) is 0 Å². The Balaban J connectivity index is 2.10. The van der Waals surface area contributed by atoms with E-state index in [1.807, 2.05) is 0 Å². The lowest BCUT2D eigenvalue weighted by Crippen LogP contribution is -2.64. The minimum atomic E-state index is -1.71. The predicted octanol–water partition coefficient (Wildman–Crippen LogP) is -4.05. The van der Waals surface area contributed by atoms with Crippen LogP contribution in [0.5, 0.6) is 0 Å². The zero-order valence-corrected chi connectivity index (χ0v) is 15.4. The molecular weight excluding hydrogens is 388 g/mol. The van der Waals surface area contributed by atoms with Gasteiger partial charge in [0.25, 0.3) is 0 Å². The van der Waals surface area contributed by atoms with E-state index in [0.717, 1.165) is 0 Å². The molecule has 0 radical (unpaired) electrons. The van der Waals surface area contributed by atoms with Crippen LogP contribution < -0.4 is 0 Å². The van der Waals surface area contributed by atoms with Gasteiger partial charge in [0.15, 0.2) is 12.6 Å². The molecule has 0 aromatic carbocycles. The molecule has 2 heterocycles. The molecule has 7 N–H and O–H groups in total. The van der Waals surface area contributed by atoms with Gasteiger partial charge in [0, 0.05) is 0 Å². The smallest absolute Gasteiger partial charge is 0.187 e. The first-order chi connectivity index (χ1) is 12.8. The molecule has 0 saturated carbocycles. The predicted molar refractivity (Wildman–Crippen MR) is 90.8 cm³/mol. The van der Waals surface area contributed by atoms with Crippen LogP contribution in [0.1, 0.15) is 6.42 Å². The van der Waals surface area contributed by atoms with Crippen molar-refractivity contribution in [3.05, 3.63) is 0 Å². The van der Waals surface area contributed by atoms with Crippen molar-refractivity contribution in [3.63, 3.8) is 0 Å². The Morgan fingerprint density at radius 1 is 0.741 bits per heavy atom. The van der Waals surface area contributed by atoms with Crippen LogP contribution in [0.15, 0.2) is 0 Å². The lowest BCUT2D eigenvalue weighted by atomic mass is 9.97. The second kappa shape index (κ2) is 10.6. The number of aliphatic hydroxyl groups is 7. The first-order valence-electron chi connectivity index (χ1n) is 8.66. The van der Waals surface area contributed by atoms with Gasteiger partial charge in [-0.3, -0.25) is 0 Å². The van der Waals surface area contributed by atoms with Crippen LogP contribution >= 0.6 is 12.6 Å². The monoisotopic (exact) mass is 416 g/mol. The first-order valence-corrected chi connectivity index (χ1v) is 9.29. The third kappa shape index (κ3) is 5.29. The van der Waals surface area contributed by atoms with Crippen LogP contribution in [0.4, 0.5) is 0 Å². The SMILES string of the molecule is OC[C@H]1O[C@@H](O[C@@H]2[C@@H](O)[C@@H](OCCCS)O[C@H](CO)[C@H]2O)[C@H](O)[C@@H](O)[C@H]1O. The molecule has 2 rings (SSSR count). The molecular formula is C15H28O11S. The fourth-order valence-electron chi connectivity index (χ4n) is 2.95. The lowest BCUT2D eigenvalue weighted by molar-refractivity contribution is -0.360. The molecule has 2 aliphatic heterocycles. The van der Waals surface area contributed by atoms with Gasteiger partial charge in [-0.2, -0.15) is 12.6 Å². The minimum absolute atomic E-state index is 0.201. The Bertz CT molecular complexity index is 442. The van der Waals surface area contributed by atoms with Crippen molar-refractivity contribution >= 4 is 12.6 Å². The molecule has 27 heavy (non-hydrogen) atoms. The van der Waals surface area contributed by atoms with Crippen molar-refractivity contribution in [2.45, 2.75) is 67.8 Å². The third-order valence-electron chi connectivity index (χ3n) is 4.55. The molecule has 11 nitrogen and oxygen atoms in total. The largest absolute Gasteiger partial charge is 0.394 e. The second-order valence-corrected chi connectivity index (χ2v) is 6.90. The van der Waals surface area contributed by atoms with Crippen LogP contribution in [-0.4, -0.2) is 123 Å². The van der Waals surface area contributed by atoms with Crippen molar-refractivity contribution in [1.82, 2.24) is 0 Å². The van der Waals surface area contributed by atoms with Gasteiger partial charge in [-0.1, -0.05) is 0 Å². The van der Waals surface area contributed by atoms with Crippen molar-refractivity contribution in [2.24, 2.45) is 0 Å². The molecule has 160 valence electrons. The van der Waals surface area contributed by atoms with Crippen molar-refractivity contribution in [1.29, 1.82) is 0 Å². The van der Waals surface area contributed by atoms with E-state index < -0.39 is 74.6 Å². The van der Waals surface area contributed by atoms with E-state index in [1.54, 1.807) is 0 Å². The van der Waals surface area contributed by atoms with E-state index in [2.05, 4.69) is 12.6 Å². The zero-order chi connectivity index (χ0) is 20.1. The topological polar surface area (TPSA) is 179 Å². The highest BCUT2D eigenvalue weighted by Crippen LogP contribution is 2.29. The quantitative estimate of drug-likeness (QED) is 0.143. The molecule has 0 bridgehead atoms. The maximum atomic E-state index is 10.4. The van der Waals surface area contributed by atoms with Gasteiger partial charge in [-0.05, 0) is 12.2 Å². The zero-order valence-electron chi connectivity index (χ0n) is 14.5. The van der Waals surface area contributed by atoms with Crippen molar-refractivity contribution in [3.8, 4) is 0 Å². The molecule has 0 aliphatic carbocycles. The highest BCUT2D eigenvalue weighted by Gasteiger charge is 2.50. The molecule has 0 aromatic rings. The number of thiol groups is 1. The summed E-state index contributed by atoms with van der Waals surface area (Å²) in [4.78, 5) is 0. The first kappa shape index (κ1) is 23.2. The Morgan fingerprint density at radius 2 is 1.33 bits per heavy atom. The van der Waals surface area contributed by atoms with Crippen LogP contribution in [0.2, 0.25) is 0 Å². The van der Waals surface area contributed by atoms with E-state index in [1.165, 1.54) is 0 Å². The van der Waals surface area contributed by atoms with Crippen LogP contribution in [0.3, 0.4) is 0 Å². The molecule has 0 aromatic heterocycles. The normalized spacial score (nSPS) is 45.8. The van der Waals surface area contributed by atoms with Gasteiger partial charge < -0.3 is 54.7 Å². The Hall–Kier alpha value is -0.0900. The molecule has 2 fully saturated rings. The Kier molecular flexibility index (Phi) is 9.12. The highest BCUT2D eigenvalue weighted by molar-refractivity contribution is 7.80. The molecule has 12 heteroatoms. The summed E-state index contributed by atoms with van der Waals surface area (Å²) in [6, 6.07) is 0. The van der Waals surface area contributed by atoms with Gasteiger partial charge in [-0.15, -0.1) is 0 Å². The molecule has 2 aliphatic rings. The molecule has 10 atom stereocenters. The minimum Gasteiger partial charge on any atom is -0.394 e. The average Bonchev–Trinajstić information content (AvgIpc) is 2.66. The van der Waals surface area contributed by atoms with Crippen molar-refractivity contribution in [2.75, 3.05) is 25.6 Å². The molecule has 2 saturated heterocycles. The molecule has 0 spiro atoms. The number of hydrogen-bond donors (Lipinski definition) is 8. The van der Waals surface area contributed by atoms with Crippen LogP contribution in [-0.2, 0) is 18.9 Å². The van der Waals surface area contributed by atoms with E-state index in [4.69, 9.17) is 18.9 Å². The second-order valence-electron chi connectivity index (χ2n) is 6.45. The highest BCUT2D eigenvalue weighted by atomic mass is 32.1. The molecule has 0 unspecified atom stereocenters. The van der Waals surface area contributed by atoms with Crippen LogP contribution in [0.25, 0.3) is 0 Å². The van der Waals surface area contributed by atoms with Gasteiger partial charge in [0.05, 0.1) is 19.8 Å². The molecule has 0 amide bonds. The van der Waals surface area contributed by atoms with Gasteiger partial charge in [-0.25, -0.2) is 0 Å². The Morgan fingerprint density at radius 3 is 1.93 bits per heavy atom. The average molecular weight is 416 g/mol. The van der Waals surface area contributed by atoms with Crippen molar-refractivity contribution < 1.29 is 54.7 Å². The van der Waals surface area contributed by atoms with E-state index >= 15 is 0 Å². The maximum absolute atomic E-state index is 10.4. The summed E-state index contributed by atoms with van der Waals surface area (Å²) in [5.74, 6) is 0.541. The number of ether oxygens (including phenoxy) is 4. The Labute approximate surface area is 161 Å².